The molecule has 1 rings (SSSR count). The number of nitrogens with zero attached hydrogens (tertiary/aromatic N) is 2. The highest BCUT2D eigenvalue weighted by molar-refractivity contribution is 5.77. The number of rotatable bonds is 4. The maximum Gasteiger partial charge on any atom is 0.223 e. The summed E-state index contributed by atoms with van der Waals surface area (Å²) in [5.74, 6) is 0.531. The van der Waals surface area contributed by atoms with Gasteiger partial charge in [-0.3, -0.25) is 4.79 Å². The lowest BCUT2D eigenvalue weighted by Gasteiger charge is -2.31. The molecule has 0 aromatic carbocycles. The number of carbonyl (C=O) groups excluding carboxylic acids is 1. The van der Waals surface area contributed by atoms with Gasteiger partial charge in [0, 0.05) is 25.6 Å². The summed E-state index contributed by atoms with van der Waals surface area (Å²) in [7, 11) is 4.01. The number of hydrogen-bond donors (Lipinski definition) is 1. The summed E-state index contributed by atoms with van der Waals surface area (Å²) in [6, 6.07) is 0.157. The van der Waals surface area contributed by atoms with Crippen molar-refractivity contribution in [3.8, 4) is 0 Å². The van der Waals surface area contributed by atoms with E-state index in [1.54, 1.807) is 0 Å². The van der Waals surface area contributed by atoms with Crippen LogP contribution in [0.4, 0.5) is 0 Å². The van der Waals surface area contributed by atoms with Crippen LogP contribution in [-0.4, -0.2) is 60.1 Å². The van der Waals surface area contributed by atoms with Crippen molar-refractivity contribution in [2.75, 3.05) is 27.2 Å². The zero-order valence-electron chi connectivity index (χ0n) is 13.3. The third kappa shape index (κ3) is 4.77. The minimum Gasteiger partial charge on any atom is -0.391 e. The minimum absolute atomic E-state index is 0.144. The predicted molar refractivity (Wildman–Crippen MR) is 77.9 cm³/mol. The van der Waals surface area contributed by atoms with Crippen LogP contribution in [0.15, 0.2) is 0 Å². The standard InChI is InChI=1S/C15H30N2O2/c1-11(15(2,3)4)7-14(19)17-10-13(18)8-12(17)9-16(5)6/h11-13,18H,7-10H2,1-6H3. The van der Waals surface area contributed by atoms with Crippen LogP contribution in [0.25, 0.3) is 0 Å². The molecule has 0 aliphatic carbocycles. The molecule has 0 aromatic rings. The third-order valence-electron chi connectivity index (χ3n) is 4.25. The van der Waals surface area contributed by atoms with Crippen molar-refractivity contribution in [3.63, 3.8) is 0 Å². The second kappa shape index (κ2) is 6.23. The van der Waals surface area contributed by atoms with Crippen LogP contribution in [0.3, 0.4) is 0 Å². The highest BCUT2D eigenvalue weighted by Gasteiger charge is 2.35. The van der Waals surface area contributed by atoms with Crippen molar-refractivity contribution in [2.45, 2.75) is 52.7 Å². The first-order chi connectivity index (χ1) is 8.61. The predicted octanol–water partition coefficient (Wildman–Crippen LogP) is 1.58. The van der Waals surface area contributed by atoms with E-state index < -0.39 is 0 Å². The molecule has 1 aliphatic rings. The van der Waals surface area contributed by atoms with Gasteiger partial charge in [0.15, 0.2) is 0 Å². The van der Waals surface area contributed by atoms with Crippen LogP contribution >= 0.6 is 0 Å². The lowest BCUT2D eigenvalue weighted by molar-refractivity contribution is -0.134. The average molecular weight is 270 g/mol. The summed E-state index contributed by atoms with van der Waals surface area (Å²) < 4.78 is 0. The van der Waals surface area contributed by atoms with Gasteiger partial charge >= 0.3 is 0 Å². The summed E-state index contributed by atoms with van der Waals surface area (Å²) in [6.45, 7) is 9.95. The Labute approximate surface area is 117 Å². The second-order valence-corrected chi connectivity index (χ2v) is 7.32. The van der Waals surface area contributed by atoms with Gasteiger partial charge in [-0.2, -0.15) is 0 Å². The number of likely N-dealkylation sites (tertiary alicyclic amines) is 1. The Morgan fingerprint density at radius 2 is 2.00 bits per heavy atom. The van der Waals surface area contributed by atoms with Gasteiger partial charge in [-0.25, -0.2) is 0 Å². The fourth-order valence-electron chi connectivity index (χ4n) is 2.48. The van der Waals surface area contributed by atoms with Gasteiger partial charge in [0.25, 0.3) is 0 Å². The summed E-state index contributed by atoms with van der Waals surface area (Å²) in [5, 5.41) is 9.81. The van der Waals surface area contributed by atoms with E-state index in [-0.39, 0.29) is 23.5 Å². The van der Waals surface area contributed by atoms with E-state index in [1.807, 2.05) is 19.0 Å². The molecular weight excluding hydrogens is 240 g/mol. The number of hydrogen-bond acceptors (Lipinski definition) is 3. The molecule has 1 saturated heterocycles. The molecule has 0 radical (unpaired) electrons. The first-order valence-corrected chi connectivity index (χ1v) is 7.23. The van der Waals surface area contributed by atoms with Crippen molar-refractivity contribution in [1.29, 1.82) is 0 Å². The Morgan fingerprint density at radius 1 is 1.42 bits per heavy atom. The number of carbonyl (C=O) groups is 1. The Hall–Kier alpha value is -0.610. The molecule has 4 nitrogen and oxygen atoms in total. The zero-order valence-corrected chi connectivity index (χ0v) is 13.3. The van der Waals surface area contributed by atoms with E-state index in [4.69, 9.17) is 0 Å². The van der Waals surface area contributed by atoms with Gasteiger partial charge in [0.1, 0.15) is 0 Å². The third-order valence-corrected chi connectivity index (χ3v) is 4.25. The van der Waals surface area contributed by atoms with E-state index in [9.17, 15) is 9.90 Å². The van der Waals surface area contributed by atoms with E-state index in [1.165, 1.54) is 0 Å². The molecule has 1 N–H and O–H groups in total. The second-order valence-electron chi connectivity index (χ2n) is 7.32. The van der Waals surface area contributed by atoms with Crippen LogP contribution < -0.4 is 0 Å². The Balaban J connectivity index is 2.64. The highest BCUT2D eigenvalue weighted by atomic mass is 16.3. The molecule has 1 fully saturated rings. The fourth-order valence-corrected chi connectivity index (χ4v) is 2.48. The smallest absolute Gasteiger partial charge is 0.223 e. The lowest BCUT2D eigenvalue weighted by Crippen LogP contribution is -2.42. The van der Waals surface area contributed by atoms with Crippen molar-refractivity contribution in [2.24, 2.45) is 11.3 Å². The van der Waals surface area contributed by atoms with Crippen molar-refractivity contribution < 1.29 is 9.90 Å². The van der Waals surface area contributed by atoms with Gasteiger partial charge in [-0.15, -0.1) is 0 Å². The Morgan fingerprint density at radius 3 is 2.47 bits per heavy atom. The van der Waals surface area contributed by atoms with Gasteiger partial charge in [-0.1, -0.05) is 27.7 Å². The number of likely N-dealkylation sites (N-methyl/N-ethyl adjacent to an activating group) is 1. The van der Waals surface area contributed by atoms with E-state index in [2.05, 4.69) is 32.6 Å². The molecular formula is C15H30N2O2. The van der Waals surface area contributed by atoms with Gasteiger partial charge in [-0.05, 0) is 31.8 Å². The van der Waals surface area contributed by atoms with Gasteiger partial charge < -0.3 is 14.9 Å². The normalized spacial score (nSPS) is 26.0. The van der Waals surface area contributed by atoms with E-state index in [0.717, 1.165) is 6.54 Å². The largest absolute Gasteiger partial charge is 0.391 e. The summed E-state index contributed by atoms with van der Waals surface area (Å²) in [5.41, 5.74) is 0.144. The molecule has 112 valence electrons. The number of β-amino-alcohol motifs (C(OH)–C–C–N with tert-alkyl or cyclic N) is 1. The Bertz CT molecular complexity index is 310. The molecule has 0 saturated carbocycles. The lowest BCUT2D eigenvalue weighted by atomic mass is 9.80. The van der Waals surface area contributed by atoms with Crippen LogP contribution in [0.1, 0.15) is 40.5 Å². The van der Waals surface area contributed by atoms with Crippen LogP contribution in [0, 0.1) is 11.3 Å². The van der Waals surface area contributed by atoms with Crippen LogP contribution in [-0.2, 0) is 4.79 Å². The Kier molecular flexibility index (Phi) is 5.39. The SMILES string of the molecule is CC(CC(=O)N1CC(O)CC1CN(C)C)C(C)(C)C. The van der Waals surface area contributed by atoms with Crippen molar-refractivity contribution in [3.05, 3.63) is 0 Å². The molecule has 1 heterocycles. The van der Waals surface area contributed by atoms with Crippen molar-refractivity contribution >= 4 is 5.91 Å². The van der Waals surface area contributed by atoms with E-state index in [0.29, 0.717) is 25.3 Å². The maximum atomic E-state index is 12.4. The molecule has 3 atom stereocenters. The fraction of sp³-hybridized carbons (Fsp3) is 0.933. The number of amides is 1. The first-order valence-electron chi connectivity index (χ1n) is 7.23. The van der Waals surface area contributed by atoms with Gasteiger partial charge in [0.05, 0.1) is 6.10 Å². The monoisotopic (exact) mass is 270 g/mol. The average Bonchev–Trinajstić information content (AvgIpc) is 2.56. The molecule has 1 aliphatic heterocycles. The molecule has 0 aromatic heterocycles. The first kappa shape index (κ1) is 16.4. The molecule has 1 amide bonds. The summed E-state index contributed by atoms with van der Waals surface area (Å²) in [6.07, 6.45) is 0.910. The minimum atomic E-state index is -0.362. The molecule has 4 heteroatoms. The quantitative estimate of drug-likeness (QED) is 0.843. The van der Waals surface area contributed by atoms with Gasteiger partial charge in [0.2, 0.25) is 5.91 Å². The van der Waals surface area contributed by atoms with Crippen LogP contribution in [0.2, 0.25) is 0 Å². The highest BCUT2D eigenvalue weighted by Crippen LogP contribution is 2.30. The van der Waals surface area contributed by atoms with Crippen LogP contribution in [0.5, 0.6) is 0 Å². The van der Waals surface area contributed by atoms with Crippen molar-refractivity contribution in [1.82, 2.24) is 9.80 Å². The summed E-state index contributed by atoms with van der Waals surface area (Å²) in [4.78, 5) is 16.4. The molecule has 0 spiro atoms. The molecule has 0 bridgehead atoms. The van der Waals surface area contributed by atoms with E-state index >= 15 is 0 Å². The topological polar surface area (TPSA) is 43.8 Å². The maximum absolute atomic E-state index is 12.4. The number of aliphatic hydroxyl groups is 1. The zero-order chi connectivity index (χ0) is 14.8. The summed E-state index contributed by atoms with van der Waals surface area (Å²) >= 11 is 0. The molecule has 3 unspecified atom stereocenters. The molecule has 19 heavy (non-hydrogen) atoms. The number of aliphatic hydroxyl groups excluding tert-OH is 1.